The molecule has 2 aromatic carbocycles. The van der Waals surface area contributed by atoms with Crippen molar-refractivity contribution in [3.8, 4) is 11.5 Å². The molecule has 0 saturated heterocycles. The summed E-state index contributed by atoms with van der Waals surface area (Å²) in [7, 11) is 3.14. The van der Waals surface area contributed by atoms with E-state index in [-0.39, 0.29) is 11.8 Å². The van der Waals surface area contributed by atoms with Crippen LogP contribution in [-0.4, -0.2) is 45.8 Å². The number of nitrogens with one attached hydrogen (secondary N) is 2. The van der Waals surface area contributed by atoms with Crippen LogP contribution in [0.5, 0.6) is 11.5 Å². The molecule has 35 heavy (non-hydrogen) atoms. The molecule has 2 amide bonds. The van der Waals surface area contributed by atoms with Gasteiger partial charge in [-0.15, -0.1) is 0 Å². The van der Waals surface area contributed by atoms with Gasteiger partial charge in [-0.3, -0.25) is 9.59 Å². The Morgan fingerprint density at radius 3 is 2.14 bits per heavy atom. The molecule has 0 aliphatic carbocycles. The molecule has 2 N–H and O–H groups in total. The molecular formula is C28H40N2O5. The number of benzene rings is 2. The summed E-state index contributed by atoms with van der Waals surface area (Å²) in [4.78, 5) is 25.2. The monoisotopic (exact) mass is 484 g/mol. The van der Waals surface area contributed by atoms with Crippen LogP contribution in [0.1, 0.15) is 79.0 Å². The molecule has 0 aliphatic heterocycles. The van der Waals surface area contributed by atoms with Gasteiger partial charge in [-0.25, -0.2) is 0 Å². The van der Waals surface area contributed by atoms with Crippen molar-refractivity contribution in [3.63, 3.8) is 0 Å². The number of methoxy groups -OCH3 is 2. The van der Waals surface area contributed by atoms with Crippen molar-refractivity contribution in [2.24, 2.45) is 0 Å². The SMILES string of the molecule is CCCCCCCCCOc1ccc(C(=O)Nc2cc(C(=O)NCCCOC)ccc2OC)cc1. The van der Waals surface area contributed by atoms with E-state index < -0.39 is 0 Å². The molecule has 0 heterocycles. The van der Waals surface area contributed by atoms with Gasteiger partial charge in [0.25, 0.3) is 11.8 Å². The third-order valence-corrected chi connectivity index (χ3v) is 5.65. The molecule has 0 bridgehead atoms. The molecule has 0 aromatic heterocycles. The Morgan fingerprint density at radius 2 is 1.46 bits per heavy atom. The van der Waals surface area contributed by atoms with E-state index in [0.717, 1.165) is 18.6 Å². The highest BCUT2D eigenvalue weighted by Crippen LogP contribution is 2.26. The van der Waals surface area contributed by atoms with Crippen molar-refractivity contribution < 1.29 is 23.8 Å². The first-order valence-electron chi connectivity index (χ1n) is 12.6. The van der Waals surface area contributed by atoms with E-state index in [1.807, 2.05) is 0 Å². The van der Waals surface area contributed by atoms with Crippen molar-refractivity contribution in [1.29, 1.82) is 0 Å². The van der Waals surface area contributed by atoms with Gasteiger partial charge in [0.05, 0.1) is 19.4 Å². The van der Waals surface area contributed by atoms with E-state index in [0.29, 0.717) is 42.3 Å². The number of hydrogen-bond acceptors (Lipinski definition) is 5. The molecule has 0 unspecified atom stereocenters. The third kappa shape index (κ3) is 10.4. The summed E-state index contributed by atoms with van der Waals surface area (Å²) in [6, 6.07) is 12.0. The molecule has 7 nitrogen and oxygen atoms in total. The van der Waals surface area contributed by atoms with Crippen LogP contribution < -0.4 is 20.1 Å². The van der Waals surface area contributed by atoms with Gasteiger partial charge in [0.1, 0.15) is 11.5 Å². The number of rotatable bonds is 17. The van der Waals surface area contributed by atoms with Crippen LogP contribution in [0.25, 0.3) is 0 Å². The minimum Gasteiger partial charge on any atom is -0.495 e. The average Bonchev–Trinajstić information content (AvgIpc) is 2.88. The summed E-state index contributed by atoms with van der Waals surface area (Å²) in [5, 5.41) is 5.68. The lowest BCUT2D eigenvalue weighted by Crippen LogP contribution is -2.25. The fraction of sp³-hybridized carbons (Fsp3) is 0.500. The highest BCUT2D eigenvalue weighted by molar-refractivity contribution is 6.06. The number of carbonyl (C=O) groups excluding carboxylic acids is 2. The lowest BCUT2D eigenvalue weighted by Gasteiger charge is -2.13. The quantitative estimate of drug-likeness (QED) is 0.275. The highest BCUT2D eigenvalue weighted by atomic mass is 16.5. The van der Waals surface area contributed by atoms with Crippen LogP contribution in [0.4, 0.5) is 5.69 Å². The Balaban J connectivity index is 1.86. The zero-order valence-electron chi connectivity index (χ0n) is 21.4. The summed E-state index contributed by atoms with van der Waals surface area (Å²) in [6.07, 6.45) is 9.39. The van der Waals surface area contributed by atoms with Crippen LogP contribution in [0, 0.1) is 0 Å². The Morgan fingerprint density at radius 1 is 0.771 bits per heavy atom. The molecule has 192 valence electrons. The van der Waals surface area contributed by atoms with E-state index in [9.17, 15) is 9.59 Å². The van der Waals surface area contributed by atoms with Gasteiger partial charge in [-0.05, 0) is 55.3 Å². The number of amides is 2. The maximum Gasteiger partial charge on any atom is 0.255 e. The van der Waals surface area contributed by atoms with Gasteiger partial charge in [0.2, 0.25) is 0 Å². The molecule has 2 rings (SSSR count). The van der Waals surface area contributed by atoms with Gasteiger partial charge in [-0.2, -0.15) is 0 Å². The Hall–Kier alpha value is -3.06. The number of hydrogen-bond donors (Lipinski definition) is 2. The van der Waals surface area contributed by atoms with E-state index >= 15 is 0 Å². The van der Waals surface area contributed by atoms with Crippen molar-refractivity contribution >= 4 is 17.5 Å². The third-order valence-electron chi connectivity index (χ3n) is 5.65. The zero-order chi connectivity index (χ0) is 25.3. The maximum atomic E-state index is 12.8. The second kappa shape index (κ2) is 16.5. The zero-order valence-corrected chi connectivity index (χ0v) is 21.4. The Bertz CT molecular complexity index is 899. The van der Waals surface area contributed by atoms with Gasteiger partial charge in [-0.1, -0.05) is 45.4 Å². The van der Waals surface area contributed by atoms with Crippen molar-refractivity contribution in [2.75, 3.05) is 39.3 Å². The summed E-state index contributed by atoms with van der Waals surface area (Å²) in [5.74, 6) is 0.711. The van der Waals surface area contributed by atoms with Crippen LogP contribution in [0.3, 0.4) is 0 Å². The molecule has 0 spiro atoms. The molecule has 0 aliphatic rings. The molecule has 0 fully saturated rings. The van der Waals surface area contributed by atoms with Crippen molar-refractivity contribution in [2.45, 2.75) is 58.3 Å². The van der Waals surface area contributed by atoms with Gasteiger partial charge in [0.15, 0.2) is 0 Å². The number of anilines is 1. The standard InChI is InChI=1S/C28H40N2O5/c1-4-5-6-7-8-9-10-20-35-24-15-12-22(13-16-24)28(32)30-25-21-23(14-17-26(25)34-3)27(31)29-18-11-19-33-2/h12-17,21H,4-11,18-20H2,1-3H3,(H,29,31)(H,30,32). The molecule has 2 aromatic rings. The normalized spacial score (nSPS) is 10.6. The van der Waals surface area contributed by atoms with Crippen LogP contribution >= 0.6 is 0 Å². The minimum atomic E-state index is -0.292. The first-order chi connectivity index (χ1) is 17.1. The number of unbranched alkanes of at least 4 members (excludes halogenated alkanes) is 6. The van der Waals surface area contributed by atoms with Gasteiger partial charge < -0.3 is 24.8 Å². The predicted molar refractivity (Wildman–Crippen MR) is 140 cm³/mol. The van der Waals surface area contributed by atoms with E-state index in [1.54, 1.807) is 49.6 Å². The highest BCUT2D eigenvalue weighted by Gasteiger charge is 2.14. The largest absolute Gasteiger partial charge is 0.495 e. The average molecular weight is 485 g/mol. The van der Waals surface area contributed by atoms with Crippen LogP contribution in [0.2, 0.25) is 0 Å². The first kappa shape index (κ1) is 28.2. The molecular weight excluding hydrogens is 444 g/mol. The number of ether oxygens (including phenoxy) is 3. The topological polar surface area (TPSA) is 85.9 Å². The van der Waals surface area contributed by atoms with Gasteiger partial charge >= 0.3 is 0 Å². The second-order valence-corrected chi connectivity index (χ2v) is 8.47. The molecule has 0 radical (unpaired) electrons. The summed E-state index contributed by atoms with van der Waals surface area (Å²) in [5.41, 5.74) is 1.36. The fourth-order valence-electron chi connectivity index (χ4n) is 3.61. The Kier molecular flexibility index (Phi) is 13.3. The lowest BCUT2D eigenvalue weighted by atomic mass is 10.1. The molecule has 7 heteroatoms. The smallest absolute Gasteiger partial charge is 0.255 e. The Labute approximate surface area is 209 Å². The van der Waals surface area contributed by atoms with Crippen molar-refractivity contribution in [1.82, 2.24) is 5.32 Å². The van der Waals surface area contributed by atoms with Crippen LogP contribution in [-0.2, 0) is 4.74 Å². The van der Waals surface area contributed by atoms with E-state index in [1.165, 1.54) is 45.6 Å². The number of carbonyl (C=O) groups is 2. The maximum absolute atomic E-state index is 12.8. The minimum absolute atomic E-state index is 0.221. The summed E-state index contributed by atoms with van der Waals surface area (Å²) >= 11 is 0. The van der Waals surface area contributed by atoms with E-state index in [4.69, 9.17) is 14.2 Å². The van der Waals surface area contributed by atoms with Gasteiger partial charge in [0, 0.05) is 31.4 Å². The fourth-order valence-corrected chi connectivity index (χ4v) is 3.61. The van der Waals surface area contributed by atoms with E-state index in [2.05, 4.69) is 17.6 Å². The molecule has 0 saturated carbocycles. The predicted octanol–water partition coefficient (Wildman–Crippen LogP) is 5.84. The summed E-state index contributed by atoms with van der Waals surface area (Å²) in [6.45, 7) is 3.99. The first-order valence-corrected chi connectivity index (χ1v) is 12.6. The molecule has 0 atom stereocenters. The second-order valence-electron chi connectivity index (χ2n) is 8.47. The van der Waals surface area contributed by atoms with Crippen LogP contribution in [0.15, 0.2) is 42.5 Å². The summed E-state index contributed by atoms with van der Waals surface area (Å²) < 4.78 is 16.2. The lowest BCUT2D eigenvalue weighted by molar-refractivity contribution is 0.0947. The van der Waals surface area contributed by atoms with Crippen molar-refractivity contribution in [3.05, 3.63) is 53.6 Å².